The van der Waals surface area contributed by atoms with Crippen LogP contribution in [0.3, 0.4) is 0 Å². The first-order valence-corrected chi connectivity index (χ1v) is 3.15. The van der Waals surface area contributed by atoms with Crippen LogP contribution in [-0.2, 0) is 9.59 Å². The van der Waals surface area contributed by atoms with Crippen molar-refractivity contribution in [2.75, 3.05) is 20.1 Å². The highest BCUT2D eigenvalue weighted by Gasteiger charge is 2.04. The molecule has 0 rings (SSSR count). The number of hydrogen-bond acceptors (Lipinski definition) is 3. The highest BCUT2D eigenvalue weighted by Crippen LogP contribution is 1.84. The molecule has 0 spiro atoms. The van der Waals surface area contributed by atoms with E-state index in [1.807, 2.05) is 0 Å². The molecule has 0 atom stereocenters. The molecule has 0 bridgehead atoms. The minimum atomic E-state index is -0.447. The molecule has 5 heteroatoms. The van der Waals surface area contributed by atoms with Crippen LogP contribution in [0.4, 0.5) is 0 Å². The Kier molecular flexibility index (Phi) is 4.06. The Morgan fingerprint density at radius 1 is 1.50 bits per heavy atom. The molecule has 58 valence electrons. The first kappa shape index (κ1) is 9.45. The Morgan fingerprint density at radius 3 is 2.30 bits per heavy atom. The molecule has 0 aromatic carbocycles. The Bertz CT molecular complexity index is 133. The van der Waals surface area contributed by atoms with E-state index in [-0.39, 0.29) is 18.2 Å². The Labute approximate surface area is 64.8 Å². The molecule has 1 amide bonds. The predicted molar refractivity (Wildman–Crippen MR) is 40.7 cm³/mol. The van der Waals surface area contributed by atoms with Gasteiger partial charge in [-0.2, -0.15) is 0 Å². The van der Waals surface area contributed by atoms with Crippen molar-refractivity contribution in [3.05, 3.63) is 0 Å². The second-order valence-corrected chi connectivity index (χ2v) is 2.53. The van der Waals surface area contributed by atoms with Crippen LogP contribution in [0.2, 0.25) is 0 Å². The van der Waals surface area contributed by atoms with Crippen molar-refractivity contribution in [2.45, 2.75) is 0 Å². The fourth-order valence-electron chi connectivity index (χ4n) is 0.553. The molecule has 0 heterocycles. The van der Waals surface area contributed by atoms with Crippen LogP contribution < -0.4 is 5.73 Å². The Balaban J connectivity index is 3.53. The summed E-state index contributed by atoms with van der Waals surface area (Å²) in [6.07, 6.45) is 0. The lowest BCUT2D eigenvalue weighted by atomic mass is 10.5. The molecule has 0 aromatic heterocycles. The SMILES string of the molecule is CN(CC(N)=O)CC(=O)S. The van der Waals surface area contributed by atoms with E-state index in [4.69, 9.17) is 5.73 Å². The first-order valence-electron chi connectivity index (χ1n) is 2.71. The largest absolute Gasteiger partial charge is 0.369 e. The van der Waals surface area contributed by atoms with Crippen molar-refractivity contribution in [3.8, 4) is 0 Å². The standard InChI is InChI=1S/C5H10N2O2S/c1-7(2-4(6)8)3-5(9)10/h2-3H2,1H3,(H2,6,8)(H,9,10). The maximum Gasteiger partial charge on any atom is 0.231 e. The minimum absolute atomic E-state index is 0.0896. The molecule has 0 aliphatic heterocycles. The number of primary amides is 1. The first-order chi connectivity index (χ1) is 4.52. The van der Waals surface area contributed by atoms with Gasteiger partial charge in [-0.25, -0.2) is 0 Å². The van der Waals surface area contributed by atoms with Gasteiger partial charge in [0, 0.05) is 0 Å². The molecule has 0 aromatic rings. The Hall–Kier alpha value is -0.550. The van der Waals surface area contributed by atoms with Crippen LogP contribution >= 0.6 is 12.6 Å². The van der Waals surface area contributed by atoms with Gasteiger partial charge in [0.1, 0.15) is 0 Å². The van der Waals surface area contributed by atoms with Crippen molar-refractivity contribution in [3.63, 3.8) is 0 Å². The van der Waals surface area contributed by atoms with Crippen molar-refractivity contribution in [1.29, 1.82) is 0 Å². The summed E-state index contributed by atoms with van der Waals surface area (Å²) in [6, 6.07) is 0. The van der Waals surface area contributed by atoms with Crippen LogP contribution in [0.1, 0.15) is 0 Å². The van der Waals surface area contributed by atoms with E-state index in [0.717, 1.165) is 0 Å². The van der Waals surface area contributed by atoms with Crippen molar-refractivity contribution >= 4 is 23.7 Å². The summed E-state index contributed by atoms with van der Waals surface area (Å²) in [5.74, 6) is -0.447. The summed E-state index contributed by atoms with van der Waals surface area (Å²) in [4.78, 5) is 22.0. The molecular weight excluding hydrogens is 152 g/mol. The molecule has 0 unspecified atom stereocenters. The lowest BCUT2D eigenvalue weighted by Crippen LogP contribution is -2.33. The van der Waals surface area contributed by atoms with Gasteiger partial charge in [0.2, 0.25) is 5.91 Å². The summed E-state index contributed by atoms with van der Waals surface area (Å²) >= 11 is 3.53. The number of nitrogens with zero attached hydrogens (tertiary/aromatic N) is 1. The third-order valence-corrected chi connectivity index (χ3v) is 0.972. The summed E-state index contributed by atoms with van der Waals surface area (Å²) in [6.45, 7) is 0.234. The molecule has 2 N–H and O–H groups in total. The maximum absolute atomic E-state index is 10.3. The molecule has 0 aliphatic rings. The molecule has 0 aliphatic carbocycles. The van der Waals surface area contributed by atoms with E-state index in [1.54, 1.807) is 7.05 Å². The fourth-order valence-corrected chi connectivity index (χ4v) is 0.794. The molecule has 10 heavy (non-hydrogen) atoms. The number of carbonyl (C=O) groups is 2. The van der Waals surface area contributed by atoms with Gasteiger partial charge in [0.25, 0.3) is 0 Å². The van der Waals surface area contributed by atoms with Gasteiger partial charge in [-0.1, -0.05) is 0 Å². The van der Waals surface area contributed by atoms with E-state index >= 15 is 0 Å². The number of hydrogen-bond donors (Lipinski definition) is 2. The van der Waals surface area contributed by atoms with E-state index in [1.165, 1.54) is 4.90 Å². The monoisotopic (exact) mass is 162 g/mol. The van der Waals surface area contributed by atoms with Crippen molar-refractivity contribution < 1.29 is 9.59 Å². The third kappa shape index (κ3) is 5.58. The lowest BCUT2D eigenvalue weighted by Gasteiger charge is -2.10. The van der Waals surface area contributed by atoms with Gasteiger partial charge < -0.3 is 5.73 Å². The summed E-state index contributed by atoms with van der Waals surface area (Å²) in [5, 5.41) is -0.274. The zero-order valence-electron chi connectivity index (χ0n) is 5.70. The fraction of sp³-hybridized carbons (Fsp3) is 0.600. The number of likely N-dealkylation sites (N-methyl/N-ethyl adjacent to an activating group) is 1. The third-order valence-electron chi connectivity index (χ3n) is 0.831. The van der Waals surface area contributed by atoms with Gasteiger partial charge in [-0.15, -0.1) is 12.6 Å². The lowest BCUT2D eigenvalue weighted by molar-refractivity contribution is -0.119. The average Bonchev–Trinajstić information content (AvgIpc) is 1.58. The van der Waals surface area contributed by atoms with Crippen molar-refractivity contribution in [1.82, 2.24) is 4.90 Å². The molecule has 4 nitrogen and oxygen atoms in total. The normalized spacial score (nSPS) is 9.90. The summed E-state index contributed by atoms with van der Waals surface area (Å²) < 4.78 is 0. The topological polar surface area (TPSA) is 63.4 Å². The molecular formula is C5H10N2O2S. The zero-order chi connectivity index (χ0) is 8.15. The Morgan fingerprint density at radius 2 is 2.00 bits per heavy atom. The quantitative estimate of drug-likeness (QED) is 0.514. The van der Waals surface area contributed by atoms with E-state index in [9.17, 15) is 9.59 Å². The van der Waals surface area contributed by atoms with E-state index in [0.29, 0.717) is 0 Å². The van der Waals surface area contributed by atoms with E-state index in [2.05, 4.69) is 12.6 Å². The number of rotatable bonds is 4. The van der Waals surface area contributed by atoms with Crippen molar-refractivity contribution in [2.24, 2.45) is 5.73 Å². The average molecular weight is 162 g/mol. The van der Waals surface area contributed by atoms with Gasteiger partial charge in [0.15, 0.2) is 5.12 Å². The highest BCUT2D eigenvalue weighted by atomic mass is 32.1. The highest BCUT2D eigenvalue weighted by molar-refractivity contribution is 7.96. The number of nitrogens with two attached hydrogens (primary N) is 1. The van der Waals surface area contributed by atoms with Gasteiger partial charge in [-0.05, 0) is 7.05 Å². The number of amides is 1. The van der Waals surface area contributed by atoms with Crippen LogP contribution in [-0.4, -0.2) is 36.1 Å². The van der Waals surface area contributed by atoms with Crippen LogP contribution in [0, 0.1) is 0 Å². The predicted octanol–water partition coefficient (Wildman–Crippen LogP) is -1.14. The summed E-state index contributed by atoms with van der Waals surface area (Å²) in [7, 11) is 1.62. The van der Waals surface area contributed by atoms with E-state index < -0.39 is 5.91 Å². The van der Waals surface area contributed by atoms with Crippen LogP contribution in [0.15, 0.2) is 0 Å². The minimum Gasteiger partial charge on any atom is -0.369 e. The molecule has 0 saturated heterocycles. The molecule has 0 radical (unpaired) electrons. The number of thiol groups is 1. The maximum atomic E-state index is 10.3. The van der Waals surface area contributed by atoms with Gasteiger partial charge in [-0.3, -0.25) is 14.5 Å². The zero-order valence-corrected chi connectivity index (χ0v) is 6.60. The van der Waals surface area contributed by atoms with Crippen LogP contribution in [0.5, 0.6) is 0 Å². The van der Waals surface area contributed by atoms with Gasteiger partial charge in [0.05, 0.1) is 13.1 Å². The summed E-state index contributed by atoms with van der Waals surface area (Å²) in [5.41, 5.74) is 4.85. The molecule has 0 fully saturated rings. The van der Waals surface area contributed by atoms with Gasteiger partial charge >= 0.3 is 0 Å². The second-order valence-electron chi connectivity index (χ2n) is 2.03. The smallest absolute Gasteiger partial charge is 0.231 e. The second kappa shape index (κ2) is 4.29. The number of carbonyl (C=O) groups excluding carboxylic acids is 2. The van der Waals surface area contributed by atoms with Crippen LogP contribution in [0.25, 0.3) is 0 Å². The molecule has 0 saturated carbocycles.